The molecule has 0 saturated carbocycles. The second-order valence-corrected chi connectivity index (χ2v) is 7.08. The SMILES string of the molecule is COc1ccc2ccccc2c1-c1nc(-c2ccccc2)cc2c1CCC2. The van der Waals surface area contributed by atoms with Crippen LogP contribution in [0.5, 0.6) is 5.75 Å². The van der Waals surface area contributed by atoms with Crippen LogP contribution in [-0.4, -0.2) is 12.1 Å². The summed E-state index contributed by atoms with van der Waals surface area (Å²) in [5, 5.41) is 2.41. The fourth-order valence-electron chi connectivity index (χ4n) is 4.21. The average molecular weight is 351 g/mol. The number of hydrogen-bond acceptors (Lipinski definition) is 2. The topological polar surface area (TPSA) is 22.1 Å². The molecule has 0 radical (unpaired) electrons. The number of aryl methyl sites for hydroxylation is 1. The zero-order valence-electron chi connectivity index (χ0n) is 15.4. The van der Waals surface area contributed by atoms with Gasteiger partial charge in [-0.3, -0.25) is 0 Å². The van der Waals surface area contributed by atoms with Gasteiger partial charge in [-0.15, -0.1) is 0 Å². The van der Waals surface area contributed by atoms with Crippen LogP contribution in [0.1, 0.15) is 17.5 Å². The number of hydrogen-bond donors (Lipinski definition) is 0. The molecule has 2 heteroatoms. The lowest BCUT2D eigenvalue weighted by Crippen LogP contribution is -1.99. The molecule has 0 bridgehead atoms. The molecule has 0 amide bonds. The van der Waals surface area contributed by atoms with E-state index in [0.29, 0.717) is 0 Å². The Kier molecular flexibility index (Phi) is 3.90. The Morgan fingerprint density at radius 1 is 0.852 bits per heavy atom. The second kappa shape index (κ2) is 6.55. The largest absolute Gasteiger partial charge is 0.496 e. The van der Waals surface area contributed by atoms with Crippen LogP contribution in [0.4, 0.5) is 0 Å². The first-order valence-corrected chi connectivity index (χ1v) is 9.49. The summed E-state index contributed by atoms with van der Waals surface area (Å²) in [6.07, 6.45) is 3.40. The molecule has 1 aromatic heterocycles. The molecule has 4 aromatic rings. The predicted molar refractivity (Wildman–Crippen MR) is 111 cm³/mol. The van der Waals surface area contributed by atoms with Gasteiger partial charge in [0.1, 0.15) is 5.75 Å². The van der Waals surface area contributed by atoms with E-state index < -0.39 is 0 Å². The summed E-state index contributed by atoms with van der Waals surface area (Å²) in [7, 11) is 1.74. The molecule has 0 N–H and O–H groups in total. The van der Waals surface area contributed by atoms with Crippen LogP contribution >= 0.6 is 0 Å². The van der Waals surface area contributed by atoms with Gasteiger partial charge in [0.25, 0.3) is 0 Å². The third-order valence-electron chi connectivity index (χ3n) is 5.51. The zero-order valence-corrected chi connectivity index (χ0v) is 15.4. The normalized spacial score (nSPS) is 12.9. The molecule has 1 aliphatic rings. The number of pyridine rings is 1. The van der Waals surface area contributed by atoms with Crippen molar-refractivity contribution in [3.05, 3.63) is 83.9 Å². The number of aromatic nitrogens is 1. The maximum Gasteiger partial charge on any atom is 0.128 e. The van der Waals surface area contributed by atoms with E-state index in [-0.39, 0.29) is 0 Å². The van der Waals surface area contributed by atoms with E-state index in [2.05, 4.69) is 66.7 Å². The van der Waals surface area contributed by atoms with E-state index in [4.69, 9.17) is 9.72 Å². The van der Waals surface area contributed by atoms with Crippen molar-refractivity contribution in [3.63, 3.8) is 0 Å². The Morgan fingerprint density at radius 3 is 2.52 bits per heavy atom. The first kappa shape index (κ1) is 16.1. The maximum absolute atomic E-state index is 5.77. The Labute approximate surface area is 159 Å². The second-order valence-electron chi connectivity index (χ2n) is 7.08. The van der Waals surface area contributed by atoms with E-state index in [1.165, 1.54) is 28.3 Å². The van der Waals surface area contributed by atoms with Crippen LogP contribution in [-0.2, 0) is 12.8 Å². The highest BCUT2D eigenvalue weighted by atomic mass is 16.5. The van der Waals surface area contributed by atoms with Crippen molar-refractivity contribution in [1.82, 2.24) is 4.98 Å². The molecule has 3 aromatic carbocycles. The highest BCUT2D eigenvalue weighted by molar-refractivity contribution is 6.00. The van der Waals surface area contributed by atoms with Crippen LogP contribution in [0.25, 0.3) is 33.3 Å². The molecule has 27 heavy (non-hydrogen) atoms. The van der Waals surface area contributed by atoms with Crippen LogP contribution in [0.2, 0.25) is 0 Å². The van der Waals surface area contributed by atoms with Crippen molar-refractivity contribution in [2.24, 2.45) is 0 Å². The molecule has 132 valence electrons. The molecule has 5 rings (SSSR count). The van der Waals surface area contributed by atoms with Gasteiger partial charge in [0, 0.05) is 5.56 Å². The minimum Gasteiger partial charge on any atom is -0.496 e. The summed E-state index contributed by atoms with van der Waals surface area (Å²) in [6, 6.07) is 25.4. The Bertz CT molecular complexity index is 1130. The van der Waals surface area contributed by atoms with E-state index in [1.54, 1.807) is 7.11 Å². The van der Waals surface area contributed by atoms with Gasteiger partial charge in [0.15, 0.2) is 0 Å². The molecule has 0 aliphatic heterocycles. The fourth-order valence-corrected chi connectivity index (χ4v) is 4.21. The number of fused-ring (bicyclic) bond motifs is 2. The number of nitrogens with zero attached hydrogens (tertiary/aromatic N) is 1. The van der Waals surface area contributed by atoms with E-state index in [1.807, 2.05) is 6.07 Å². The van der Waals surface area contributed by atoms with E-state index in [9.17, 15) is 0 Å². The van der Waals surface area contributed by atoms with Gasteiger partial charge in [-0.05, 0) is 53.3 Å². The first-order chi connectivity index (χ1) is 13.3. The Morgan fingerprint density at radius 2 is 1.67 bits per heavy atom. The van der Waals surface area contributed by atoms with Crippen molar-refractivity contribution in [2.45, 2.75) is 19.3 Å². The van der Waals surface area contributed by atoms with Gasteiger partial charge < -0.3 is 4.74 Å². The standard InChI is InChI=1S/C25H21NO/c1-27-23-15-14-17-8-5-6-12-20(17)24(23)25-21-13-7-11-19(21)16-22(26-25)18-9-3-2-4-10-18/h2-6,8-10,12,14-16H,7,11,13H2,1H3. The van der Waals surface area contributed by atoms with Crippen molar-refractivity contribution in [3.8, 4) is 28.3 Å². The quantitative estimate of drug-likeness (QED) is 0.447. The molecular formula is C25H21NO. The van der Waals surface area contributed by atoms with Crippen molar-refractivity contribution in [2.75, 3.05) is 7.11 Å². The van der Waals surface area contributed by atoms with Gasteiger partial charge in [-0.25, -0.2) is 4.98 Å². The minimum atomic E-state index is 0.889. The summed E-state index contributed by atoms with van der Waals surface area (Å²) in [5.74, 6) is 0.889. The summed E-state index contributed by atoms with van der Waals surface area (Å²) in [5.41, 5.74) is 7.20. The maximum atomic E-state index is 5.77. The van der Waals surface area contributed by atoms with Crippen LogP contribution in [0.15, 0.2) is 72.8 Å². The minimum absolute atomic E-state index is 0.889. The third kappa shape index (κ3) is 2.69. The smallest absolute Gasteiger partial charge is 0.128 e. The molecule has 0 fully saturated rings. The van der Waals surface area contributed by atoms with Gasteiger partial charge in [0.2, 0.25) is 0 Å². The molecule has 0 saturated heterocycles. The van der Waals surface area contributed by atoms with E-state index >= 15 is 0 Å². The van der Waals surface area contributed by atoms with Crippen molar-refractivity contribution in [1.29, 1.82) is 0 Å². The predicted octanol–water partition coefficient (Wildman–Crippen LogP) is 6.07. The molecule has 0 atom stereocenters. The number of methoxy groups -OCH3 is 1. The van der Waals surface area contributed by atoms with Gasteiger partial charge in [-0.2, -0.15) is 0 Å². The van der Waals surface area contributed by atoms with Crippen molar-refractivity contribution < 1.29 is 4.74 Å². The van der Waals surface area contributed by atoms with Gasteiger partial charge >= 0.3 is 0 Å². The third-order valence-corrected chi connectivity index (χ3v) is 5.51. The lowest BCUT2D eigenvalue weighted by Gasteiger charge is -2.16. The average Bonchev–Trinajstić information content (AvgIpc) is 3.21. The summed E-state index contributed by atoms with van der Waals surface area (Å²) in [4.78, 5) is 5.16. The van der Waals surface area contributed by atoms with E-state index in [0.717, 1.165) is 41.1 Å². The molecule has 1 aliphatic carbocycles. The highest BCUT2D eigenvalue weighted by Gasteiger charge is 2.22. The number of benzene rings is 3. The molecular weight excluding hydrogens is 330 g/mol. The highest BCUT2D eigenvalue weighted by Crippen LogP contribution is 2.41. The zero-order chi connectivity index (χ0) is 18.2. The summed E-state index contributed by atoms with van der Waals surface area (Å²) < 4.78 is 5.77. The summed E-state index contributed by atoms with van der Waals surface area (Å²) >= 11 is 0. The monoisotopic (exact) mass is 351 g/mol. The fraction of sp³-hybridized carbons (Fsp3) is 0.160. The van der Waals surface area contributed by atoms with Crippen LogP contribution in [0, 0.1) is 0 Å². The molecule has 0 unspecified atom stereocenters. The molecule has 0 spiro atoms. The lowest BCUT2D eigenvalue weighted by molar-refractivity contribution is 0.417. The molecule has 1 heterocycles. The number of rotatable bonds is 3. The van der Waals surface area contributed by atoms with Gasteiger partial charge in [0.05, 0.1) is 24.1 Å². The first-order valence-electron chi connectivity index (χ1n) is 9.49. The van der Waals surface area contributed by atoms with Crippen molar-refractivity contribution >= 4 is 10.8 Å². The number of ether oxygens (including phenoxy) is 1. The molecule has 2 nitrogen and oxygen atoms in total. The van der Waals surface area contributed by atoms with Crippen LogP contribution in [0.3, 0.4) is 0 Å². The van der Waals surface area contributed by atoms with Gasteiger partial charge in [-0.1, -0.05) is 60.7 Å². The Hall–Kier alpha value is -3.13. The van der Waals surface area contributed by atoms with Crippen LogP contribution < -0.4 is 4.74 Å². The summed E-state index contributed by atoms with van der Waals surface area (Å²) in [6.45, 7) is 0. The Balaban J connectivity index is 1.84. The lowest BCUT2D eigenvalue weighted by atomic mass is 9.95.